The number of aliphatic hydroxyl groups is 2. The van der Waals surface area contributed by atoms with Crippen molar-refractivity contribution in [2.45, 2.75) is 22.4 Å². The maximum absolute atomic E-state index is 13.1. The summed E-state index contributed by atoms with van der Waals surface area (Å²) in [7, 11) is 5.33. The number of amides is 1. The van der Waals surface area contributed by atoms with Crippen LogP contribution in [-0.2, 0) is 4.79 Å². The normalized spacial score (nSPS) is 20.6. The fourth-order valence-electron chi connectivity index (χ4n) is 3.31. The number of nitrogens with zero attached hydrogens (tertiary/aromatic N) is 2. The van der Waals surface area contributed by atoms with E-state index in [0.717, 1.165) is 16.2 Å². The molecule has 2 aromatic carbocycles. The van der Waals surface area contributed by atoms with Crippen LogP contribution in [-0.4, -0.2) is 67.5 Å². The average molecular weight is 403 g/mol. The molecule has 0 fully saturated rings. The Bertz CT molecular complexity index is 812. The molecule has 0 aromatic heterocycles. The number of β-amino-alcohol motifs (C(OH)–C–C–N with tert-alkyl or cyclic N) is 1. The number of ether oxygens (including phenoxy) is 1. The number of rotatable bonds is 6. The molecule has 3 atom stereocenters. The Hall–Kier alpha value is -2.06. The van der Waals surface area contributed by atoms with Crippen LogP contribution in [0, 0.1) is 0 Å². The maximum Gasteiger partial charge on any atom is 0.257 e. The molecule has 1 heterocycles. The molecule has 7 heteroatoms. The van der Waals surface area contributed by atoms with E-state index in [1.165, 1.54) is 16.7 Å². The van der Waals surface area contributed by atoms with Crippen molar-refractivity contribution >= 4 is 23.4 Å². The highest BCUT2D eigenvalue weighted by atomic mass is 32.2. The SMILES string of the molecule is COc1ccc([C@H]2Sc3ccccc3N(CC(O)CN(C)C)C(=O)[C@H]2O)cc1. The van der Waals surface area contributed by atoms with Crippen molar-refractivity contribution in [3.63, 3.8) is 0 Å². The highest BCUT2D eigenvalue weighted by Gasteiger charge is 2.37. The number of methoxy groups -OCH3 is 1. The van der Waals surface area contributed by atoms with Crippen LogP contribution in [0.5, 0.6) is 5.75 Å². The minimum atomic E-state index is -1.22. The van der Waals surface area contributed by atoms with Gasteiger partial charge in [0.15, 0.2) is 0 Å². The van der Waals surface area contributed by atoms with Crippen LogP contribution < -0.4 is 9.64 Å². The summed E-state index contributed by atoms with van der Waals surface area (Å²) >= 11 is 1.46. The van der Waals surface area contributed by atoms with Crippen LogP contribution in [0.3, 0.4) is 0 Å². The van der Waals surface area contributed by atoms with Crippen LogP contribution in [0.15, 0.2) is 53.4 Å². The van der Waals surface area contributed by atoms with Crippen molar-refractivity contribution in [1.82, 2.24) is 4.90 Å². The molecule has 28 heavy (non-hydrogen) atoms. The van der Waals surface area contributed by atoms with Crippen LogP contribution in [0.1, 0.15) is 10.8 Å². The zero-order valence-corrected chi connectivity index (χ0v) is 17.1. The molecular weight excluding hydrogens is 376 g/mol. The molecule has 2 N–H and O–H groups in total. The van der Waals surface area contributed by atoms with Crippen molar-refractivity contribution in [3.05, 3.63) is 54.1 Å². The van der Waals surface area contributed by atoms with E-state index in [1.54, 1.807) is 7.11 Å². The zero-order valence-electron chi connectivity index (χ0n) is 16.3. The third-order valence-corrected chi connectivity index (χ3v) is 6.01. The molecule has 0 bridgehead atoms. The number of para-hydroxylation sites is 1. The van der Waals surface area contributed by atoms with Gasteiger partial charge >= 0.3 is 0 Å². The van der Waals surface area contributed by atoms with Crippen LogP contribution in [0.4, 0.5) is 5.69 Å². The van der Waals surface area contributed by atoms with Gasteiger partial charge in [-0.3, -0.25) is 4.79 Å². The summed E-state index contributed by atoms with van der Waals surface area (Å²) in [4.78, 5) is 17.4. The van der Waals surface area contributed by atoms with Gasteiger partial charge in [0, 0.05) is 11.4 Å². The first-order valence-corrected chi connectivity index (χ1v) is 10.0. The Kier molecular flexibility index (Phi) is 6.61. The number of anilines is 1. The summed E-state index contributed by atoms with van der Waals surface area (Å²) in [6, 6.07) is 14.9. The lowest BCUT2D eigenvalue weighted by Gasteiger charge is -2.28. The number of carbonyl (C=O) groups is 1. The van der Waals surface area contributed by atoms with Gasteiger partial charge in [-0.05, 0) is 43.9 Å². The van der Waals surface area contributed by atoms with Gasteiger partial charge in [0.05, 0.1) is 30.7 Å². The van der Waals surface area contributed by atoms with E-state index in [-0.39, 0.29) is 6.54 Å². The van der Waals surface area contributed by atoms with Crippen molar-refractivity contribution in [2.24, 2.45) is 0 Å². The van der Waals surface area contributed by atoms with Gasteiger partial charge in [0.1, 0.15) is 11.9 Å². The Balaban J connectivity index is 1.94. The van der Waals surface area contributed by atoms with Crippen LogP contribution >= 0.6 is 11.8 Å². The number of thioether (sulfide) groups is 1. The zero-order chi connectivity index (χ0) is 20.3. The third kappa shape index (κ3) is 4.50. The Morgan fingerprint density at radius 2 is 1.86 bits per heavy atom. The molecule has 6 nitrogen and oxygen atoms in total. The largest absolute Gasteiger partial charge is 0.497 e. The molecule has 1 aliphatic rings. The van der Waals surface area contributed by atoms with Crippen molar-refractivity contribution in [2.75, 3.05) is 39.2 Å². The van der Waals surface area contributed by atoms with E-state index in [2.05, 4.69) is 0 Å². The van der Waals surface area contributed by atoms with Crippen molar-refractivity contribution in [3.8, 4) is 5.75 Å². The number of benzene rings is 2. The smallest absolute Gasteiger partial charge is 0.257 e. The van der Waals surface area contributed by atoms with Gasteiger partial charge in [-0.25, -0.2) is 0 Å². The van der Waals surface area contributed by atoms with E-state index < -0.39 is 23.4 Å². The topological polar surface area (TPSA) is 73.2 Å². The molecule has 0 saturated carbocycles. The molecule has 0 spiro atoms. The minimum Gasteiger partial charge on any atom is -0.497 e. The molecule has 2 aromatic rings. The Labute approximate surface area is 169 Å². The van der Waals surface area contributed by atoms with Gasteiger partial charge in [0.25, 0.3) is 5.91 Å². The number of hydrogen-bond donors (Lipinski definition) is 2. The first kappa shape index (κ1) is 20.7. The van der Waals surface area contributed by atoms with Crippen LogP contribution in [0.2, 0.25) is 0 Å². The second-order valence-corrected chi connectivity index (χ2v) is 8.27. The molecule has 1 amide bonds. The summed E-state index contributed by atoms with van der Waals surface area (Å²) in [5.74, 6) is 0.313. The fraction of sp³-hybridized carbons (Fsp3) is 0.381. The molecule has 1 aliphatic heterocycles. The molecule has 150 valence electrons. The lowest BCUT2D eigenvalue weighted by Crippen LogP contribution is -2.46. The summed E-state index contributed by atoms with van der Waals surface area (Å²) < 4.78 is 5.20. The first-order chi connectivity index (χ1) is 13.4. The summed E-state index contributed by atoms with van der Waals surface area (Å²) in [6.45, 7) is 0.554. The van der Waals surface area contributed by atoms with Crippen molar-refractivity contribution in [1.29, 1.82) is 0 Å². The van der Waals surface area contributed by atoms with E-state index >= 15 is 0 Å². The number of fused-ring (bicyclic) bond motifs is 1. The quantitative estimate of drug-likeness (QED) is 0.772. The monoisotopic (exact) mass is 402 g/mol. The number of hydrogen-bond acceptors (Lipinski definition) is 6. The van der Waals surface area contributed by atoms with Gasteiger partial charge < -0.3 is 24.7 Å². The number of carbonyl (C=O) groups excluding carboxylic acids is 1. The third-order valence-electron chi connectivity index (χ3n) is 4.63. The fourth-order valence-corrected chi connectivity index (χ4v) is 4.58. The second-order valence-electron chi connectivity index (χ2n) is 7.09. The first-order valence-electron chi connectivity index (χ1n) is 9.12. The lowest BCUT2D eigenvalue weighted by molar-refractivity contribution is -0.127. The van der Waals surface area contributed by atoms with Crippen molar-refractivity contribution < 1.29 is 19.7 Å². The molecule has 1 unspecified atom stereocenters. The van der Waals surface area contributed by atoms with Gasteiger partial charge in [-0.1, -0.05) is 24.3 Å². The average Bonchev–Trinajstić information content (AvgIpc) is 2.78. The predicted octanol–water partition coefficient (Wildman–Crippen LogP) is 2.16. The van der Waals surface area contributed by atoms with Gasteiger partial charge in [-0.2, -0.15) is 0 Å². The maximum atomic E-state index is 13.1. The molecule has 0 aliphatic carbocycles. The number of likely N-dealkylation sites (N-methyl/N-ethyl adjacent to an activating group) is 1. The van der Waals surface area contributed by atoms with Crippen LogP contribution in [0.25, 0.3) is 0 Å². The molecular formula is C21H26N2O4S. The Morgan fingerprint density at radius 1 is 1.18 bits per heavy atom. The molecule has 0 saturated heterocycles. The van der Waals surface area contributed by atoms with Gasteiger partial charge in [-0.15, -0.1) is 11.8 Å². The van der Waals surface area contributed by atoms with Gasteiger partial charge in [0.2, 0.25) is 0 Å². The van der Waals surface area contributed by atoms with E-state index in [9.17, 15) is 15.0 Å². The van der Waals surface area contributed by atoms with E-state index in [0.29, 0.717) is 12.2 Å². The number of aliphatic hydroxyl groups excluding tert-OH is 2. The highest BCUT2D eigenvalue weighted by Crippen LogP contribution is 2.45. The van der Waals surface area contributed by atoms with E-state index in [4.69, 9.17) is 4.74 Å². The summed E-state index contributed by atoms with van der Waals surface area (Å²) in [6.07, 6.45) is -1.95. The highest BCUT2D eigenvalue weighted by molar-refractivity contribution is 7.99. The Morgan fingerprint density at radius 3 is 2.50 bits per heavy atom. The predicted molar refractivity (Wildman–Crippen MR) is 111 cm³/mol. The standard InChI is InChI=1S/C21H26N2O4S/c1-22(2)12-15(24)13-23-17-6-4-5-7-18(17)28-20(19(25)21(23)26)14-8-10-16(27-3)11-9-14/h4-11,15,19-20,24-25H,12-13H2,1-3H3/t15?,19-,20+/m0/s1. The summed E-state index contributed by atoms with van der Waals surface area (Å²) in [5.41, 5.74) is 1.56. The molecule has 3 rings (SSSR count). The molecule has 0 radical (unpaired) electrons. The second kappa shape index (κ2) is 8.96. The summed E-state index contributed by atoms with van der Waals surface area (Å²) in [5, 5.41) is 20.8. The lowest BCUT2D eigenvalue weighted by atomic mass is 10.1. The van der Waals surface area contributed by atoms with E-state index in [1.807, 2.05) is 67.5 Å². The minimum absolute atomic E-state index is 0.126.